The smallest absolute Gasteiger partial charge is 0.187 e. The first-order chi connectivity index (χ1) is 33.8. The molecule has 71 heavy (non-hydrogen) atoms. The van der Waals surface area contributed by atoms with E-state index in [-0.39, 0.29) is 16.9 Å². The zero-order valence-electron chi connectivity index (χ0n) is 41.4. The van der Waals surface area contributed by atoms with Crippen molar-refractivity contribution < 1.29 is 104 Å². The molecule has 11 N–H and O–H groups in total. The van der Waals surface area contributed by atoms with Gasteiger partial charge in [-0.25, -0.2) is 0 Å². The summed E-state index contributed by atoms with van der Waals surface area (Å²) in [5.74, 6) is 2.45. The number of ether oxygens (including phenoxy) is 10. The molecule has 0 amide bonds. The van der Waals surface area contributed by atoms with Crippen molar-refractivity contribution in [1.29, 1.82) is 0 Å². The molecule has 0 aromatic rings. The van der Waals surface area contributed by atoms with Crippen molar-refractivity contribution in [3.8, 4) is 0 Å². The van der Waals surface area contributed by atoms with E-state index in [9.17, 15) is 56.2 Å². The molecule has 30 atom stereocenters. The Labute approximate surface area is 414 Å². The molecule has 1 spiro atoms. The molecule has 4 aliphatic carbocycles. The van der Waals surface area contributed by atoms with Crippen LogP contribution in [0.3, 0.4) is 0 Å². The van der Waals surface area contributed by atoms with Gasteiger partial charge in [0.05, 0.1) is 44.7 Å². The second-order valence-electron chi connectivity index (χ2n) is 23.4. The fourth-order valence-electron chi connectivity index (χ4n) is 15.3. The Kier molecular flexibility index (Phi) is 15.3. The van der Waals surface area contributed by atoms with Gasteiger partial charge in [0.15, 0.2) is 30.9 Å². The highest BCUT2D eigenvalue weighted by Gasteiger charge is 2.69. The molecule has 10 rings (SSSR count). The first kappa shape index (κ1) is 53.3. The lowest BCUT2D eigenvalue weighted by molar-refractivity contribution is -0.388. The van der Waals surface area contributed by atoms with Crippen LogP contribution in [-0.4, -0.2) is 217 Å². The number of fused-ring (bicyclic) bond motifs is 7. The molecule has 0 bridgehead atoms. The molecular weight excluding hydrogens is 937 g/mol. The summed E-state index contributed by atoms with van der Waals surface area (Å²) in [5.41, 5.74) is 1.43. The average molecular weight is 1020 g/mol. The molecule has 0 aromatic heterocycles. The van der Waals surface area contributed by atoms with E-state index in [1.807, 2.05) is 0 Å². The Hall–Kier alpha value is -1.10. The van der Waals surface area contributed by atoms with Crippen LogP contribution in [0.25, 0.3) is 0 Å². The van der Waals surface area contributed by atoms with Crippen LogP contribution in [0.15, 0.2) is 11.6 Å². The molecule has 6 aliphatic heterocycles. The fourth-order valence-corrected chi connectivity index (χ4v) is 15.3. The Bertz CT molecular complexity index is 1870. The van der Waals surface area contributed by atoms with Gasteiger partial charge in [-0.15, -0.1) is 0 Å². The van der Waals surface area contributed by atoms with Crippen LogP contribution in [-0.2, 0) is 47.4 Å². The largest absolute Gasteiger partial charge is 0.394 e. The quantitative estimate of drug-likeness (QED) is 0.107. The Morgan fingerprint density at radius 3 is 1.85 bits per heavy atom. The number of hydrogen-bond donors (Lipinski definition) is 11. The number of allylic oxidation sites excluding steroid dienone is 1. The lowest BCUT2D eigenvalue weighted by Gasteiger charge is -2.58. The van der Waals surface area contributed by atoms with E-state index in [1.54, 1.807) is 0 Å². The van der Waals surface area contributed by atoms with E-state index in [0.29, 0.717) is 48.3 Å². The molecule has 21 nitrogen and oxygen atoms in total. The third-order valence-electron chi connectivity index (χ3n) is 19.4. The van der Waals surface area contributed by atoms with Crippen molar-refractivity contribution in [3.63, 3.8) is 0 Å². The second kappa shape index (κ2) is 20.4. The zero-order valence-corrected chi connectivity index (χ0v) is 41.4. The summed E-state index contributed by atoms with van der Waals surface area (Å²) < 4.78 is 61.7. The van der Waals surface area contributed by atoms with Gasteiger partial charge in [-0.05, 0) is 98.7 Å². The van der Waals surface area contributed by atoms with Gasteiger partial charge in [-0.3, -0.25) is 0 Å². The van der Waals surface area contributed by atoms with Crippen LogP contribution in [0.5, 0.6) is 0 Å². The van der Waals surface area contributed by atoms with Gasteiger partial charge in [0, 0.05) is 12.3 Å². The van der Waals surface area contributed by atoms with Gasteiger partial charge < -0.3 is 104 Å². The minimum absolute atomic E-state index is 0.0572. The second-order valence-corrected chi connectivity index (χ2v) is 23.4. The van der Waals surface area contributed by atoms with E-state index < -0.39 is 148 Å². The number of rotatable bonds is 11. The maximum atomic E-state index is 12.2. The first-order valence-electron chi connectivity index (χ1n) is 26.3. The molecule has 0 unspecified atom stereocenters. The van der Waals surface area contributed by atoms with Gasteiger partial charge in [-0.1, -0.05) is 39.3 Å². The molecule has 0 radical (unpaired) electrons. The van der Waals surface area contributed by atoms with Crippen molar-refractivity contribution >= 4 is 0 Å². The molecule has 6 saturated heterocycles. The SMILES string of the molecule is C[C@@H]1CC[C@]2(OC1)O[C@@H]1C[C@@H]3[C@H]4CC=C5C[C@@H](O[C@@H]6O[C@H](CO)[C@@H](O[C@H]7O[C@@H](C)[C@H](O)[C@@H](O[C@H]8O[C@@H](CO)[C@H](O)[C@@H](O)[C@@H]8O)[C@@H]7O)[C@H](O[C@H]7O[C@H](CO)[C@@H](O)[C@@H]7O)[C@H]6O)CC[C@]5(C)[C@@H]4CC[C@@]3(C)[C@@H]1[C@H]2C. The summed E-state index contributed by atoms with van der Waals surface area (Å²) in [4.78, 5) is 0. The highest BCUT2D eigenvalue weighted by molar-refractivity contribution is 5.26. The monoisotopic (exact) mass is 1020 g/mol. The third kappa shape index (κ3) is 9.02. The lowest BCUT2D eigenvalue weighted by Crippen LogP contribution is -2.67. The van der Waals surface area contributed by atoms with E-state index in [2.05, 4.69) is 33.8 Å². The van der Waals surface area contributed by atoms with Crippen LogP contribution in [0.4, 0.5) is 0 Å². The lowest BCUT2D eigenvalue weighted by atomic mass is 9.47. The van der Waals surface area contributed by atoms with Gasteiger partial charge in [0.25, 0.3) is 0 Å². The number of hydrogen-bond acceptors (Lipinski definition) is 21. The van der Waals surface area contributed by atoms with Crippen LogP contribution in [0, 0.1) is 46.3 Å². The van der Waals surface area contributed by atoms with E-state index >= 15 is 0 Å². The van der Waals surface area contributed by atoms with Crippen LogP contribution >= 0.6 is 0 Å². The van der Waals surface area contributed by atoms with Gasteiger partial charge >= 0.3 is 0 Å². The summed E-state index contributed by atoms with van der Waals surface area (Å²) in [6.07, 6.45) is -19.6. The van der Waals surface area contributed by atoms with Crippen LogP contribution < -0.4 is 0 Å². The summed E-state index contributed by atoms with van der Waals surface area (Å²) in [7, 11) is 0. The van der Waals surface area contributed by atoms with Crippen LogP contribution in [0.1, 0.15) is 92.4 Å². The normalized spacial score (nSPS) is 57.2. The predicted molar refractivity (Wildman–Crippen MR) is 241 cm³/mol. The molecule has 21 heteroatoms. The van der Waals surface area contributed by atoms with Crippen molar-refractivity contribution in [2.24, 2.45) is 46.3 Å². The molecule has 3 saturated carbocycles. The molecule has 6 heterocycles. The van der Waals surface area contributed by atoms with Crippen LogP contribution in [0.2, 0.25) is 0 Å². The Morgan fingerprint density at radius 2 is 1.18 bits per heavy atom. The minimum atomic E-state index is -1.90. The van der Waals surface area contributed by atoms with Gasteiger partial charge in [-0.2, -0.15) is 0 Å². The maximum Gasteiger partial charge on any atom is 0.187 e. The molecule has 406 valence electrons. The average Bonchev–Trinajstić information content (AvgIpc) is 3.92. The van der Waals surface area contributed by atoms with Crippen molar-refractivity contribution in [2.75, 3.05) is 26.4 Å². The Balaban J connectivity index is 0.841. The summed E-state index contributed by atoms with van der Waals surface area (Å²) in [6.45, 7) is 9.56. The van der Waals surface area contributed by atoms with E-state index in [1.165, 1.54) is 12.5 Å². The van der Waals surface area contributed by atoms with Crippen molar-refractivity contribution in [2.45, 2.75) is 227 Å². The number of aliphatic hydroxyl groups excluding tert-OH is 11. The number of aliphatic hydroxyl groups is 11. The van der Waals surface area contributed by atoms with E-state index in [4.69, 9.17) is 47.4 Å². The summed E-state index contributed by atoms with van der Waals surface area (Å²) in [5, 5.41) is 118. The highest BCUT2D eigenvalue weighted by atomic mass is 16.8. The molecule has 9 fully saturated rings. The predicted octanol–water partition coefficient (Wildman–Crippen LogP) is -1.32. The third-order valence-corrected chi connectivity index (χ3v) is 19.4. The molecular formula is C50H80O21. The first-order valence-corrected chi connectivity index (χ1v) is 26.3. The Morgan fingerprint density at radius 1 is 0.592 bits per heavy atom. The van der Waals surface area contributed by atoms with Crippen molar-refractivity contribution in [3.05, 3.63) is 11.6 Å². The molecule has 10 aliphatic rings. The maximum absolute atomic E-state index is 12.2. The zero-order chi connectivity index (χ0) is 50.6. The van der Waals surface area contributed by atoms with Gasteiger partial charge in [0.1, 0.15) is 85.5 Å². The van der Waals surface area contributed by atoms with E-state index in [0.717, 1.165) is 51.6 Å². The summed E-state index contributed by atoms with van der Waals surface area (Å²) in [6, 6.07) is 0. The van der Waals surface area contributed by atoms with Gasteiger partial charge in [0.2, 0.25) is 0 Å². The fraction of sp³-hybridized carbons (Fsp3) is 0.960. The topological polar surface area (TPSA) is 315 Å². The minimum Gasteiger partial charge on any atom is -0.394 e. The summed E-state index contributed by atoms with van der Waals surface area (Å²) >= 11 is 0. The van der Waals surface area contributed by atoms with Crippen molar-refractivity contribution in [1.82, 2.24) is 0 Å². The highest BCUT2D eigenvalue weighted by Crippen LogP contribution is 2.71. The standard InChI is InChI=1S/C50H80O21/c1-20-8-13-50(62-19-20)21(2)32-28(71-50)15-27-25-7-6-23-14-24(9-11-48(23,4)26(25)10-12-49(27,32)5)64-47-40(61)43(70-44-37(58)35(56)30(17-52)66-44)41(31(18-53)67-47)68-46-39(60)42(33(54)22(3)63-46)69-45-38(59)36(57)34(55)29(16-51)65-45/h6,20-22,24-47,51-61H,7-19H2,1-5H3/t20-,21-,22+,24+,25+,26-,27-,28-,29+,30-,31-,32-,33+,34+,35-,36-,37+,38+,39+,40-,41-,42-,43-,44-,45-,46-,47-,48+,49-,50+/m1/s1. The molecule has 0 aromatic carbocycles.